The summed E-state index contributed by atoms with van der Waals surface area (Å²) in [4.78, 5) is 14.9. The monoisotopic (exact) mass is 281 g/mol. The van der Waals surface area contributed by atoms with Gasteiger partial charge in [0.25, 0.3) is 0 Å². The fourth-order valence-corrected chi connectivity index (χ4v) is 2.69. The first-order valence-corrected chi connectivity index (χ1v) is 7.80. The van der Waals surface area contributed by atoms with Gasteiger partial charge in [-0.15, -0.1) is 11.8 Å². The summed E-state index contributed by atoms with van der Waals surface area (Å²) in [5.41, 5.74) is 0.932. The Hall–Kier alpha value is -1.00. The number of nitrogens with zero attached hydrogens (tertiary/aromatic N) is 1. The quantitative estimate of drug-likeness (QED) is 0.588. The Labute approximate surface area is 120 Å². The van der Waals surface area contributed by atoms with Crippen molar-refractivity contribution in [1.82, 2.24) is 4.90 Å². The van der Waals surface area contributed by atoms with E-state index in [-0.39, 0.29) is 12.5 Å². The molecule has 19 heavy (non-hydrogen) atoms. The molecule has 0 aliphatic heterocycles. The number of rotatable bonds is 8. The van der Waals surface area contributed by atoms with Crippen molar-refractivity contribution in [2.24, 2.45) is 0 Å². The van der Waals surface area contributed by atoms with Gasteiger partial charge in [-0.25, -0.2) is 0 Å². The van der Waals surface area contributed by atoms with Gasteiger partial charge in [-0.2, -0.15) is 0 Å². The van der Waals surface area contributed by atoms with E-state index < -0.39 is 0 Å². The zero-order valence-electron chi connectivity index (χ0n) is 11.8. The number of carbonyl (C=O) groups excluding carboxylic acids is 1. The maximum atomic E-state index is 11.8. The van der Waals surface area contributed by atoms with Gasteiger partial charge >= 0.3 is 0 Å². The third kappa shape index (κ3) is 5.66. The van der Waals surface area contributed by atoms with E-state index in [9.17, 15) is 4.79 Å². The summed E-state index contributed by atoms with van der Waals surface area (Å²) < 4.78 is 0. The Kier molecular flexibility index (Phi) is 7.60. The van der Waals surface area contributed by atoms with Gasteiger partial charge in [0.15, 0.2) is 0 Å². The molecule has 0 aliphatic carbocycles. The predicted octanol–water partition coefficient (Wildman–Crippen LogP) is 2.92. The molecule has 3 nitrogen and oxygen atoms in total. The van der Waals surface area contributed by atoms with Gasteiger partial charge < -0.3 is 10.0 Å². The summed E-state index contributed by atoms with van der Waals surface area (Å²) in [6.45, 7) is 5.71. The van der Waals surface area contributed by atoms with Crippen molar-refractivity contribution in [1.29, 1.82) is 0 Å². The Morgan fingerprint density at radius 1 is 1.21 bits per heavy atom. The molecule has 0 saturated carbocycles. The van der Waals surface area contributed by atoms with Crippen molar-refractivity contribution in [2.45, 2.75) is 38.2 Å². The minimum atomic E-state index is 0.0866. The van der Waals surface area contributed by atoms with Crippen LogP contribution in [-0.4, -0.2) is 34.8 Å². The van der Waals surface area contributed by atoms with Gasteiger partial charge in [0.1, 0.15) is 0 Å². The summed E-state index contributed by atoms with van der Waals surface area (Å²) in [5.74, 6) is 1.20. The third-order valence-electron chi connectivity index (χ3n) is 3.03. The minimum absolute atomic E-state index is 0.0866. The first kappa shape index (κ1) is 16.1. The van der Waals surface area contributed by atoms with Crippen LogP contribution in [0.3, 0.4) is 0 Å². The number of aliphatic hydroxyl groups is 1. The van der Waals surface area contributed by atoms with Gasteiger partial charge in [-0.3, -0.25) is 4.79 Å². The van der Waals surface area contributed by atoms with E-state index in [1.807, 2.05) is 43.0 Å². The highest BCUT2D eigenvalue weighted by molar-refractivity contribution is 7.99. The van der Waals surface area contributed by atoms with Crippen LogP contribution in [-0.2, 0) is 11.4 Å². The van der Waals surface area contributed by atoms with E-state index in [1.54, 1.807) is 11.8 Å². The molecule has 1 amide bonds. The van der Waals surface area contributed by atoms with Gasteiger partial charge in [0.2, 0.25) is 5.91 Å². The lowest BCUT2D eigenvalue weighted by Crippen LogP contribution is -2.30. The molecule has 1 N–H and O–H groups in total. The second-order valence-electron chi connectivity index (χ2n) is 4.32. The van der Waals surface area contributed by atoms with Crippen LogP contribution < -0.4 is 0 Å². The maximum absolute atomic E-state index is 11.8. The second kappa shape index (κ2) is 8.99. The average Bonchev–Trinajstić information content (AvgIpc) is 2.45. The molecule has 0 atom stereocenters. The molecule has 0 heterocycles. The van der Waals surface area contributed by atoms with E-state index in [0.717, 1.165) is 30.8 Å². The number of aliphatic hydroxyl groups excluding tert-OH is 1. The minimum Gasteiger partial charge on any atom is -0.392 e. The van der Waals surface area contributed by atoms with E-state index in [1.165, 1.54) is 4.90 Å². The number of benzene rings is 1. The SMILES string of the molecule is CCN(CC)C(=O)CCCSc1ccc(CO)cc1. The molecule has 0 saturated heterocycles. The Bertz CT molecular complexity index is 374. The van der Waals surface area contributed by atoms with Gasteiger partial charge in [-0.1, -0.05) is 12.1 Å². The van der Waals surface area contributed by atoms with Crippen molar-refractivity contribution in [2.75, 3.05) is 18.8 Å². The lowest BCUT2D eigenvalue weighted by Gasteiger charge is -2.18. The van der Waals surface area contributed by atoms with E-state index in [4.69, 9.17) is 5.11 Å². The van der Waals surface area contributed by atoms with Crippen molar-refractivity contribution in [3.05, 3.63) is 29.8 Å². The molecule has 0 radical (unpaired) electrons. The largest absolute Gasteiger partial charge is 0.392 e. The molecular weight excluding hydrogens is 258 g/mol. The summed E-state index contributed by atoms with van der Waals surface area (Å²) in [5, 5.41) is 8.95. The summed E-state index contributed by atoms with van der Waals surface area (Å²) >= 11 is 1.76. The highest BCUT2D eigenvalue weighted by Crippen LogP contribution is 2.20. The zero-order chi connectivity index (χ0) is 14.1. The van der Waals surface area contributed by atoms with Crippen molar-refractivity contribution in [3.63, 3.8) is 0 Å². The fourth-order valence-electron chi connectivity index (χ4n) is 1.84. The van der Waals surface area contributed by atoms with Gasteiger partial charge in [0, 0.05) is 24.4 Å². The highest BCUT2D eigenvalue weighted by atomic mass is 32.2. The molecule has 4 heteroatoms. The maximum Gasteiger partial charge on any atom is 0.222 e. The molecule has 0 bridgehead atoms. The lowest BCUT2D eigenvalue weighted by atomic mass is 10.2. The standard InChI is InChI=1S/C15H23NO2S/c1-3-16(4-2)15(18)6-5-11-19-14-9-7-13(12-17)8-10-14/h7-10,17H,3-6,11-12H2,1-2H3. The topological polar surface area (TPSA) is 40.5 Å². The molecule has 0 aromatic heterocycles. The molecule has 0 fully saturated rings. The number of thioether (sulfide) groups is 1. The van der Waals surface area contributed by atoms with Crippen LogP contribution in [0.25, 0.3) is 0 Å². The third-order valence-corrected chi connectivity index (χ3v) is 4.12. The molecule has 1 aromatic rings. The molecule has 1 aromatic carbocycles. The second-order valence-corrected chi connectivity index (χ2v) is 5.49. The van der Waals surface area contributed by atoms with Crippen LogP contribution in [0.2, 0.25) is 0 Å². The van der Waals surface area contributed by atoms with E-state index in [0.29, 0.717) is 6.42 Å². The van der Waals surface area contributed by atoms with Crippen LogP contribution in [0, 0.1) is 0 Å². The van der Waals surface area contributed by atoms with E-state index in [2.05, 4.69) is 0 Å². The Balaban J connectivity index is 2.24. The van der Waals surface area contributed by atoms with E-state index >= 15 is 0 Å². The highest BCUT2D eigenvalue weighted by Gasteiger charge is 2.08. The normalized spacial score (nSPS) is 10.5. The number of carbonyl (C=O) groups is 1. The molecular formula is C15H23NO2S. The molecule has 1 rings (SSSR count). The molecule has 0 spiro atoms. The van der Waals surface area contributed by atoms with Crippen LogP contribution in [0.1, 0.15) is 32.3 Å². The van der Waals surface area contributed by atoms with Crippen LogP contribution in [0.5, 0.6) is 0 Å². The fraction of sp³-hybridized carbons (Fsp3) is 0.533. The average molecular weight is 281 g/mol. The van der Waals surface area contributed by atoms with Gasteiger partial charge in [0.05, 0.1) is 6.61 Å². The number of hydrogen-bond acceptors (Lipinski definition) is 3. The van der Waals surface area contributed by atoms with Crippen LogP contribution >= 0.6 is 11.8 Å². The number of hydrogen-bond donors (Lipinski definition) is 1. The zero-order valence-corrected chi connectivity index (χ0v) is 12.6. The first-order chi connectivity index (χ1) is 9.21. The summed E-state index contributed by atoms with van der Waals surface area (Å²) in [7, 11) is 0. The smallest absolute Gasteiger partial charge is 0.222 e. The van der Waals surface area contributed by atoms with Crippen molar-refractivity contribution in [3.8, 4) is 0 Å². The van der Waals surface area contributed by atoms with Gasteiger partial charge in [-0.05, 0) is 43.7 Å². The lowest BCUT2D eigenvalue weighted by molar-refractivity contribution is -0.130. The summed E-state index contributed by atoms with van der Waals surface area (Å²) in [6, 6.07) is 7.90. The number of amides is 1. The van der Waals surface area contributed by atoms with Crippen molar-refractivity contribution >= 4 is 17.7 Å². The molecule has 0 unspecified atom stereocenters. The Morgan fingerprint density at radius 2 is 1.84 bits per heavy atom. The first-order valence-electron chi connectivity index (χ1n) is 6.81. The van der Waals surface area contributed by atoms with Crippen LogP contribution in [0.15, 0.2) is 29.2 Å². The summed E-state index contributed by atoms with van der Waals surface area (Å²) in [6.07, 6.45) is 1.53. The predicted molar refractivity (Wildman–Crippen MR) is 80.3 cm³/mol. The van der Waals surface area contributed by atoms with Crippen molar-refractivity contribution < 1.29 is 9.90 Å². The molecule has 0 aliphatic rings. The molecule has 106 valence electrons. The Morgan fingerprint density at radius 3 is 2.37 bits per heavy atom. The van der Waals surface area contributed by atoms with Crippen LogP contribution in [0.4, 0.5) is 0 Å².